The van der Waals surface area contributed by atoms with Crippen molar-refractivity contribution in [1.29, 1.82) is 0 Å². The molecule has 2 rings (SSSR count). The first-order valence-electron chi connectivity index (χ1n) is 8.38. The van der Waals surface area contributed by atoms with E-state index >= 15 is 0 Å². The van der Waals surface area contributed by atoms with Crippen molar-refractivity contribution in [2.45, 2.75) is 25.3 Å². The highest BCUT2D eigenvalue weighted by molar-refractivity contribution is 5.79. The van der Waals surface area contributed by atoms with Gasteiger partial charge in [0.15, 0.2) is 6.04 Å². The fourth-order valence-electron chi connectivity index (χ4n) is 2.26. The Kier molecular flexibility index (Phi) is 8.18. The quantitative estimate of drug-likeness (QED) is 0.210. The molecule has 0 aromatic heterocycles. The molecule has 0 saturated carbocycles. The minimum Gasteiger partial charge on any atom is -0.457 e. The highest BCUT2D eigenvalue weighted by Crippen LogP contribution is 2.24. The summed E-state index contributed by atoms with van der Waals surface area (Å²) in [4.78, 5) is 39.6. The van der Waals surface area contributed by atoms with Crippen LogP contribution in [0.15, 0.2) is 64.6 Å². The smallest absolute Gasteiger partial charge is 0.337 e. The molecule has 27 heavy (non-hydrogen) atoms. The van der Waals surface area contributed by atoms with Crippen LogP contribution in [-0.4, -0.2) is 30.7 Å². The van der Waals surface area contributed by atoms with Crippen LogP contribution in [0.4, 0.5) is 0 Å². The summed E-state index contributed by atoms with van der Waals surface area (Å²) in [5.74, 6) is 0.965. The molecule has 0 bridgehead atoms. The van der Waals surface area contributed by atoms with E-state index in [4.69, 9.17) is 9.47 Å². The number of hydrogen-bond acceptors (Lipinski definition) is 7. The van der Waals surface area contributed by atoms with Gasteiger partial charge in [0.2, 0.25) is 12.2 Å². The molecule has 2 aromatic rings. The van der Waals surface area contributed by atoms with Gasteiger partial charge in [-0.05, 0) is 55.7 Å². The third kappa shape index (κ3) is 7.08. The average molecular weight is 366 g/mol. The number of benzene rings is 2. The van der Waals surface area contributed by atoms with Crippen LogP contribution >= 0.6 is 0 Å². The van der Waals surface area contributed by atoms with Crippen LogP contribution in [0.3, 0.4) is 0 Å². The van der Waals surface area contributed by atoms with Crippen molar-refractivity contribution in [2.24, 2.45) is 9.98 Å². The van der Waals surface area contributed by atoms with Crippen LogP contribution in [0.2, 0.25) is 0 Å². The van der Waals surface area contributed by atoms with E-state index in [0.29, 0.717) is 43.1 Å². The Morgan fingerprint density at radius 2 is 1.56 bits per heavy atom. The highest BCUT2D eigenvalue weighted by atomic mass is 16.5. The molecular formula is C20H18N2O5. The number of esters is 1. The van der Waals surface area contributed by atoms with E-state index in [1.54, 1.807) is 24.3 Å². The molecule has 0 fully saturated rings. The molecule has 1 atom stereocenters. The summed E-state index contributed by atoms with van der Waals surface area (Å²) < 4.78 is 10.9. The molecule has 0 aliphatic carbocycles. The van der Waals surface area contributed by atoms with Gasteiger partial charge in [-0.3, -0.25) is 0 Å². The van der Waals surface area contributed by atoms with Crippen LogP contribution < -0.4 is 9.47 Å². The minimum absolute atomic E-state index is 0.303. The molecule has 0 heterocycles. The number of carbonyl (C=O) groups excluding carboxylic acids is 3. The maximum atomic E-state index is 12.2. The van der Waals surface area contributed by atoms with Crippen molar-refractivity contribution in [1.82, 2.24) is 0 Å². The predicted molar refractivity (Wildman–Crippen MR) is 97.3 cm³/mol. The lowest BCUT2D eigenvalue weighted by atomic mass is 10.1. The minimum atomic E-state index is -0.942. The van der Waals surface area contributed by atoms with E-state index in [1.807, 2.05) is 30.3 Å². The van der Waals surface area contributed by atoms with Crippen molar-refractivity contribution in [3.63, 3.8) is 0 Å². The zero-order chi connectivity index (χ0) is 19.3. The van der Waals surface area contributed by atoms with E-state index in [1.165, 1.54) is 12.2 Å². The predicted octanol–water partition coefficient (Wildman–Crippen LogP) is 3.59. The molecule has 0 aliphatic rings. The number of aliphatic imine (C=N–C) groups is 2. The van der Waals surface area contributed by atoms with E-state index in [9.17, 15) is 14.4 Å². The monoisotopic (exact) mass is 366 g/mol. The first kappa shape index (κ1) is 19.8. The second-order valence-electron chi connectivity index (χ2n) is 5.51. The number of rotatable bonds is 10. The number of para-hydroxylation sites is 1. The summed E-state index contributed by atoms with van der Waals surface area (Å²) >= 11 is 0. The number of nitrogens with zero attached hydrogens (tertiary/aromatic N) is 2. The SMILES string of the molecule is O=C=NCCCCC(N=C=O)C(=O)Oc1ccc(Oc2ccccc2)cc1. The summed E-state index contributed by atoms with van der Waals surface area (Å²) in [5, 5.41) is 0. The highest BCUT2D eigenvalue weighted by Gasteiger charge is 2.19. The van der Waals surface area contributed by atoms with E-state index in [-0.39, 0.29) is 0 Å². The zero-order valence-corrected chi connectivity index (χ0v) is 14.5. The second kappa shape index (κ2) is 11.2. The number of unbranched alkanes of at least 4 members (excludes halogenated alkanes) is 1. The van der Waals surface area contributed by atoms with Gasteiger partial charge in [-0.2, -0.15) is 4.99 Å². The Morgan fingerprint density at radius 1 is 0.889 bits per heavy atom. The van der Waals surface area contributed by atoms with E-state index in [0.717, 1.165) is 0 Å². The van der Waals surface area contributed by atoms with Gasteiger partial charge in [0.25, 0.3) is 0 Å². The van der Waals surface area contributed by atoms with Crippen molar-refractivity contribution < 1.29 is 23.9 Å². The summed E-state index contributed by atoms with van der Waals surface area (Å²) in [6.07, 6.45) is 4.28. The van der Waals surface area contributed by atoms with Crippen LogP contribution in [0.25, 0.3) is 0 Å². The maximum absolute atomic E-state index is 12.2. The molecule has 0 N–H and O–H groups in total. The summed E-state index contributed by atoms with van der Waals surface area (Å²) in [6, 6.07) is 14.9. The molecular weight excluding hydrogens is 348 g/mol. The molecule has 0 amide bonds. The molecule has 0 saturated heterocycles. The molecule has 7 nitrogen and oxygen atoms in total. The van der Waals surface area contributed by atoms with Gasteiger partial charge in [0.1, 0.15) is 17.2 Å². The lowest BCUT2D eigenvalue weighted by Gasteiger charge is -2.11. The summed E-state index contributed by atoms with van der Waals surface area (Å²) in [5.41, 5.74) is 0. The lowest BCUT2D eigenvalue weighted by Crippen LogP contribution is -2.24. The number of isocyanates is 2. The molecule has 7 heteroatoms. The molecule has 0 aliphatic heterocycles. The molecule has 138 valence electrons. The van der Waals surface area contributed by atoms with Crippen LogP contribution in [0, 0.1) is 0 Å². The first-order valence-corrected chi connectivity index (χ1v) is 8.38. The fourth-order valence-corrected chi connectivity index (χ4v) is 2.26. The summed E-state index contributed by atoms with van der Waals surface area (Å²) in [6.45, 7) is 0.318. The Hall–Kier alpha value is -3.53. The standard InChI is InChI=1S/C20H18N2O5/c23-14-21-13-5-4-8-19(22-15-24)20(25)27-18-11-9-17(10-12-18)26-16-6-2-1-3-7-16/h1-3,6-7,9-12,19H,4-5,8,13H2. The number of ether oxygens (including phenoxy) is 2. The Labute approximate surface area is 156 Å². The normalized spacial score (nSPS) is 10.8. The van der Waals surface area contributed by atoms with Gasteiger partial charge in [-0.1, -0.05) is 18.2 Å². The molecule has 0 spiro atoms. The molecule has 2 aromatic carbocycles. The maximum Gasteiger partial charge on any atom is 0.337 e. The fraction of sp³-hybridized carbons (Fsp3) is 0.250. The second-order valence-corrected chi connectivity index (χ2v) is 5.51. The van der Waals surface area contributed by atoms with Crippen LogP contribution in [-0.2, 0) is 14.4 Å². The van der Waals surface area contributed by atoms with Gasteiger partial charge < -0.3 is 9.47 Å². The third-order valence-electron chi connectivity index (χ3n) is 3.56. The number of hydrogen-bond donors (Lipinski definition) is 0. The Balaban J connectivity index is 1.90. The zero-order valence-electron chi connectivity index (χ0n) is 14.5. The Morgan fingerprint density at radius 3 is 2.22 bits per heavy atom. The van der Waals surface area contributed by atoms with Crippen molar-refractivity contribution in [2.75, 3.05) is 6.54 Å². The average Bonchev–Trinajstić information content (AvgIpc) is 2.69. The van der Waals surface area contributed by atoms with Crippen molar-refractivity contribution in [3.05, 3.63) is 54.6 Å². The van der Waals surface area contributed by atoms with Gasteiger partial charge in [-0.25, -0.2) is 19.4 Å². The van der Waals surface area contributed by atoms with Gasteiger partial charge in [0.05, 0.1) is 6.54 Å². The van der Waals surface area contributed by atoms with E-state index in [2.05, 4.69) is 9.98 Å². The summed E-state index contributed by atoms with van der Waals surface area (Å²) in [7, 11) is 0. The topological polar surface area (TPSA) is 94.4 Å². The van der Waals surface area contributed by atoms with Gasteiger partial charge >= 0.3 is 5.97 Å². The van der Waals surface area contributed by atoms with Crippen LogP contribution in [0.5, 0.6) is 17.2 Å². The lowest BCUT2D eigenvalue weighted by molar-refractivity contribution is -0.135. The van der Waals surface area contributed by atoms with Gasteiger partial charge in [-0.15, -0.1) is 0 Å². The van der Waals surface area contributed by atoms with Crippen molar-refractivity contribution >= 4 is 18.1 Å². The van der Waals surface area contributed by atoms with Crippen molar-refractivity contribution in [3.8, 4) is 17.2 Å². The Bertz CT molecular complexity index is 823. The first-order chi connectivity index (χ1) is 13.2. The van der Waals surface area contributed by atoms with Crippen LogP contribution in [0.1, 0.15) is 19.3 Å². The largest absolute Gasteiger partial charge is 0.457 e. The number of carbonyl (C=O) groups is 1. The molecule has 1 unspecified atom stereocenters. The third-order valence-corrected chi connectivity index (χ3v) is 3.56. The van der Waals surface area contributed by atoms with E-state index < -0.39 is 12.0 Å². The van der Waals surface area contributed by atoms with Gasteiger partial charge in [0, 0.05) is 0 Å². The molecule has 0 radical (unpaired) electrons.